The van der Waals surface area contributed by atoms with E-state index in [4.69, 9.17) is 5.73 Å². The summed E-state index contributed by atoms with van der Waals surface area (Å²) in [5.41, 5.74) is 7.21. The third-order valence-corrected chi connectivity index (χ3v) is 2.47. The predicted molar refractivity (Wildman–Crippen MR) is 59.4 cm³/mol. The van der Waals surface area contributed by atoms with Crippen molar-refractivity contribution in [3.05, 3.63) is 22.2 Å². The molecular weight excluding hydrogens is 248 g/mol. The standard InChI is InChI=1S/C9H11BrN2O2/c1-12-8-3-5(9(13)14-2)7(11)4-6(8)10/h3-4,12H,11H2,1-2H3. The fourth-order valence-corrected chi connectivity index (χ4v) is 1.63. The van der Waals surface area contributed by atoms with Crippen molar-refractivity contribution >= 4 is 33.3 Å². The highest BCUT2D eigenvalue weighted by Crippen LogP contribution is 2.28. The molecule has 76 valence electrons. The highest BCUT2D eigenvalue weighted by molar-refractivity contribution is 9.10. The van der Waals surface area contributed by atoms with Gasteiger partial charge >= 0.3 is 5.97 Å². The number of hydrogen-bond acceptors (Lipinski definition) is 4. The lowest BCUT2D eigenvalue weighted by Crippen LogP contribution is -2.06. The van der Waals surface area contributed by atoms with Crippen LogP contribution in [0.1, 0.15) is 10.4 Å². The van der Waals surface area contributed by atoms with Gasteiger partial charge in [0, 0.05) is 22.9 Å². The Labute approximate surface area is 90.6 Å². The van der Waals surface area contributed by atoms with Crippen LogP contribution in [-0.2, 0) is 4.74 Å². The number of carbonyl (C=O) groups is 1. The number of carbonyl (C=O) groups excluding carboxylic acids is 1. The Morgan fingerprint density at radius 2 is 2.21 bits per heavy atom. The third-order valence-electron chi connectivity index (χ3n) is 1.81. The van der Waals surface area contributed by atoms with Gasteiger partial charge in [-0.3, -0.25) is 0 Å². The molecule has 0 aromatic heterocycles. The van der Waals surface area contributed by atoms with E-state index in [0.717, 1.165) is 10.2 Å². The minimum atomic E-state index is -0.438. The quantitative estimate of drug-likeness (QED) is 0.628. The summed E-state index contributed by atoms with van der Waals surface area (Å²) in [4.78, 5) is 11.3. The van der Waals surface area contributed by atoms with E-state index in [9.17, 15) is 4.79 Å². The molecule has 14 heavy (non-hydrogen) atoms. The summed E-state index contributed by atoms with van der Waals surface area (Å²) in [6, 6.07) is 3.31. The summed E-state index contributed by atoms with van der Waals surface area (Å²) >= 11 is 3.32. The van der Waals surface area contributed by atoms with Crippen LogP contribution in [0.2, 0.25) is 0 Å². The molecule has 0 unspecified atom stereocenters. The Hall–Kier alpha value is -1.23. The van der Waals surface area contributed by atoms with E-state index in [2.05, 4.69) is 26.0 Å². The first-order valence-corrected chi connectivity index (χ1v) is 4.74. The van der Waals surface area contributed by atoms with Crippen molar-refractivity contribution in [2.75, 3.05) is 25.2 Å². The number of esters is 1. The SMILES string of the molecule is CNc1cc(C(=O)OC)c(N)cc1Br. The van der Waals surface area contributed by atoms with E-state index in [-0.39, 0.29) is 0 Å². The molecule has 0 fully saturated rings. The van der Waals surface area contributed by atoms with Crippen molar-refractivity contribution < 1.29 is 9.53 Å². The van der Waals surface area contributed by atoms with E-state index >= 15 is 0 Å². The van der Waals surface area contributed by atoms with E-state index in [1.165, 1.54) is 7.11 Å². The summed E-state index contributed by atoms with van der Waals surface area (Å²) < 4.78 is 5.40. The van der Waals surface area contributed by atoms with Gasteiger partial charge in [0.25, 0.3) is 0 Å². The molecule has 0 aliphatic rings. The molecule has 0 spiro atoms. The zero-order valence-corrected chi connectivity index (χ0v) is 9.51. The lowest BCUT2D eigenvalue weighted by molar-refractivity contribution is 0.0602. The molecule has 0 aliphatic carbocycles. The maximum atomic E-state index is 11.3. The van der Waals surface area contributed by atoms with Crippen LogP contribution < -0.4 is 11.1 Å². The second kappa shape index (κ2) is 4.32. The Morgan fingerprint density at radius 1 is 1.57 bits per heavy atom. The van der Waals surface area contributed by atoms with E-state index < -0.39 is 5.97 Å². The lowest BCUT2D eigenvalue weighted by Gasteiger charge is -2.08. The van der Waals surface area contributed by atoms with Crippen LogP contribution in [0.3, 0.4) is 0 Å². The van der Waals surface area contributed by atoms with Gasteiger partial charge in [-0.15, -0.1) is 0 Å². The van der Waals surface area contributed by atoms with Crippen LogP contribution in [0.15, 0.2) is 16.6 Å². The van der Waals surface area contributed by atoms with E-state index in [1.807, 2.05) is 0 Å². The number of nitrogens with one attached hydrogen (secondary N) is 1. The van der Waals surface area contributed by atoms with Crippen molar-refractivity contribution in [1.82, 2.24) is 0 Å². The maximum absolute atomic E-state index is 11.3. The largest absolute Gasteiger partial charge is 0.465 e. The first-order valence-electron chi connectivity index (χ1n) is 3.95. The van der Waals surface area contributed by atoms with Crippen LogP contribution >= 0.6 is 15.9 Å². The normalized spacial score (nSPS) is 9.64. The highest BCUT2D eigenvalue weighted by Gasteiger charge is 2.12. The maximum Gasteiger partial charge on any atom is 0.340 e. The molecular formula is C9H11BrN2O2. The zero-order valence-electron chi connectivity index (χ0n) is 7.93. The van der Waals surface area contributed by atoms with Gasteiger partial charge < -0.3 is 15.8 Å². The van der Waals surface area contributed by atoms with E-state index in [1.54, 1.807) is 19.2 Å². The molecule has 5 heteroatoms. The van der Waals surface area contributed by atoms with Gasteiger partial charge in [-0.25, -0.2) is 4.79 Å². The molecule has 0 aliphatic heterocycles. The summed E-state index contributed by atoms with van der Waals surface area (Å²) in [6.45, 7) is 0. The molecule has 1 aromatic carbocycles. The van der Waals surface area contributed by atoms with Gasteiger partial charge in [-0.05, 0) is 28.1 Å². The molecule has 0 heterocycles. The number of benzene rings is 1. The average Bonchev–Trinajstić information content (AvgIpc) is 2.17. The van der Waals surface area contributed by atoms with Crippen LogP contribution in [0.4, 0.5) is 11.4 Å². The Bertz CT molecular complexity index is 366. The predicted octanol–water partition coefficient (Wildman–Crippen LogP) is 1.86. The van der Waals surface area contributed by atoms with Gasteiger partial charge in [0.15, 0.2) is 0 Å². The Morgan fingerprint density at radius 3 is 2.71 bits per heavy atom. The molecule has 0 saturated carbocycles. The van der Waals surface area contributed by atoms with Gasteiger partial charge in [-0.2, -0.15) is 0 Å². The molecule has 0 saturated heterocycles. The van der Waals surface area contributed by atoms with Gasteiger partial charge in [-0.1, -0.05) is 0 Å². The Kier molecular flexibility index (Phi) is 3.35. The summed E-state index contributed by atoms with van der Waals surface area (Å²) in [7, 11) is 3.08. The molecule has 0 radical (unpaired) electrons. The topological polar surface area (TPSA) is 64.3 Å². The summed E-state index contributed by atoms with van der Waals surface area (Å²) in [5, 5.41) is 2.93. The molecule has 0 bridgehead atoms. The fourth-order valence-electron chi connectivity index (χ4n) is 1.07. The number of hydrogen-bond donors (Lipinski definition) is 2. The lowest BCUT2D eigenvalue weighted by atomic mass is 10.1. The van der Waals surface area contributed by atoms with Crippen LogP contribution in [-0.4, -0.2) is 20.1 Å². The second-order valence-electron chi connectivity index (χ2n) is 2.66. The minimum Gasteiger partial charge on any atom is -0.465 e. The van der Waals surface area contributed by atoms with Crippen molar-refractivity contribution in [2.24, 2.45) is 0 Å². The average molecular weight is 259 g/mol. The second-order valence-corrected chi connectivity index (χ2v) is 3.52. The molecule has 1 aromatic rings. The first kappa shape index (κ1) is 10.8. The summed E-state index contributed by atoms with van der Waals surface area (Å²) in [5.74, 6) is -0.438. The molecule has 1 rings (SSSR count). The van der Waals surface area contributed by atoms with Gasteiger partial charge in [0.2, 0.25) is 0 Å². The fraction of sp³-hybridized carbons (Fsp3) is 0.222. The van der Waals surface area contributed by atoms with Crippen molar-refractivity contribution in [3.8, 4) is 0 Å². The highest BCUT2D eigenvalue weighted by atomic mass is 79.9. The van der Waals surface area contributed by atoms with Crippen LogP contribution in [0.25, 0.3) is 0 Å². The number of ether oxygens (including phenoxy) is 1. The van der Waals surface area contributed by atoms with Gasteiger partial charge in [0.05, 0.1) is 12.7 Å². The Balaban J connectivity index is 3.24. The van der Waals surface area contributed by atoms with Crippen LogP contribution in [0, 0.1) is 0 Å². The number of rotatable bonds is 2. The molecule has 0 atom stereocenters. The monoisotopic (exact) mass is 258 g/mol. The minimum absolute atomic E-state index is 0.361. The first-order chi connectivity index (χ1) is 6.60. The van der Waals surface area contributed by atoms with Crippen LogP contribution in [0.5, 0.6) is 0 Å². The number of halogens is 1. The zero-order chi connectivity index (χ0) is 10.7. The number of nitrogens with two attached hydrogens (primary N) is 1. The molecule has 3 N–H and O–H groups in total. The number of methoxy groups -OCH3 is 1. The van der Waals surface area contributed by atoms with Crippen molar-refractivity contribution in [3.63, 3.8) is 0 Å². The summed E-state index contributed by atoms with van der Waals surface area (Å²) in [6.07, 6.45) is 0. The van der Waals surface area contributed by atoms with Crippen molar-refractivity contribution in [2.45, 2.75) is 0 Å². The third kappa shape index (κ3) is 1.98. The molecule has 0 amide bonds. The number of nitrogen functional groups attached to an aromatic ring is 1. The van der Waals surface area contributed by atoms with E-state index in [0.29, 0.717) is 11.3 Å². The smallest absolute Gasteiger partial charge is 0.340 e. The van der Waals surface area contributed by atoms with Gasteiger partial charge in [0.1, 0.15) is 0 Å². The number of anilines is 2. The van der Waals surface area contributed by atoms with Crippen molar-refractivity contribution in [1.29, 1.82) is 0 Å². The molecule has 4 nitrogen and oxygen atoms in total.